The largest absolute Gasteiger partial charge is 0.457 e. The Morgan fingerprint density at radius 3 is 1.62 bits per heavy atom. The molecule has 0 aromatic heterocycles. The van der Waals surface area contributed by atoms with E-state index in [1.54, 1.807) is 72.8 Å². The summed E-state index contributed by atoms with van der Waals surface area (Å²) in [6, 6.07) is 20.2. The Labute approximate surface area is 141 Å². The Kier molecular flexibility index (Phi) is 4.27. The minimum Gasteiger partial charge on any atom is -0.457 e. The van der Waals surface area contributed by atoms with Crippen LogP contribution in [-0.4, -0.2) is 8.42 Å². The number of hydrogen-bond acceptors (Lipinski definition) is 4. The number of rotatable bonds is 4. The van der Waals surface area contributed by atoms with Gasteiger partial charge in [-0.2, -0.15) is 0 Å². The maximum absolute atomic E-state index is 12.6. The third kappa shape index (κ3) is 3.41. The van der Waals surface area contributed by atoms with Crippen LogP contribution in [-0.2, 0) is 9.84 Å². The van der Waals surface area contributed by atoms with Gasteiger partial charge in [0.1, 0.15) is 11.5 Å². The van der Waals surface area contributed by atoms with Crippen LogP contribution >= 0.6 is 0 Å². The molecule has 0 aliphatic rings. The lowest BCUT2D eigenvalue weighted by molar-refractivity contribution is 0.482. The van der Waals surface area contributed by atoms with Gasteiger partial charge in [0.2, 0.25) is 9.84 Å². The van der Waals surface area contributed by atoms with Crippen LogP contribution in [0.2, 0.25) is 0 Å². The van der Waals surface area contributed by atoms with Crippen molar-refractivity contribution < 1.29 is 13.2 Å². The molecule has 0 unspecified atom stereocenters. The Morgan fingerprint density at radius 2 is 1.12 bits per heavy atom. The van der Waals surface area contributed by atoms with Crippen molar-refractivity contribution in [2.75, 3.05) is 5.73 Å². The monoisotopic (exact) mass is 339 g/mol. The van der Waals surface area contributed by atoms with Crippen molar-refractivity contribution in [3.05, 3.63) is 78.4 Å². The van der Waals surface area contributed by atoms with Crippen molar-refractivity contribution in [3.8, 4) is 11.5 Å². The average Bonchev–Trinajstić information content (AvgIpc) is 2.58. The lowest BCUT2D eigenvalue weighted by Gasteiger charge is -2.08. The van der Waals surface area contributed by atoms with E-state index < -0.39 is 9.84 Å². The normalized spacial score (nSPS) is 11.2. The van der Waals surface area contributed by atoms with E-state index in [-0.39, 0.29) is 9.79 Å². The maximum atomic E-state index is 12.6. The third-order valence-corrected chi connectivity index (χ3v) is 5.37. The topological polar surface area (TPSA) is 69.4 Å². The highest BCUT2D eigenvalue weighted by Gasteiger charge is 2.17. The number of sulfone groups is 1. The molecule has 3 aromatic rings. The number of ether oxygens (including phenoxy) is 1. The molecule has 0 aliphatic heterocycles. The number of nitrogens with two attached hydrogens (primary N) is 1. The van der Waals surface area contributed by atoms with Crippen LogP contribution in [0.25, 0.3) is 0 Å². The molecule has 0 aliphatic carbocycles. The molecule has 4 nitrogen and oxygen atoms in total. The van der Waals surface area contributed by atoms with E-state index in [9.17, 15) is 8.42 Å². The lowest BCUT2D eigenvalue weighted by atomic mass is 10.2. The maximum Gasteiger partial charge on any atom is 0.206 e. The molecule has 0 fully saturated rings. The molecule has 3 aromatic carbocycles. The van der Waals surface area contributed by atoms with Crippen LogP contribution in [0.5, 0.6) is 11.5 Å². The SMILES string of the molecule is Cc1ccc(S(=O)(=O)c2ccc(Oc3ccc(N)cc3)cc2)cc1. The first kappa shape index (κ1) is 16.1. The molecule has 0 amide bonds. The van der Waals surface area contributed by atoms with Gasteiger partial charge in [-0.3, -0.25) is 0 Å². The van der Waals surface area contributed by atoms with E-state index >= 15 is 0 Å². The predicted molar refractivity (Wildman–Crippen MR) is 94.0 cm³/mol. The first-order valence-corrected chi connectivity index (χ1v) is 8.89. The molecular weight excluding hydrogens is 322 g/mol. The molecule has 0 saturated heterocycles. The van der Waals surface area contributed by atoms with E-state index in [2.05, 4.69) is 0 Å². The number of aryl methyl sites for hydroxylation is 1. The molecule has 122 valence electrons. The van der Waals surface area contributed by atoms with Crippen LogP contribution in [0.1, 0.15) is 5.56 Å². The van der Waals surface area contributed by atoms with E-state index in [0.29, 0.717) is 17.2 Å². The minimum absolute atomic E-state index is 0.232. The van der Waals surface area contributed by atoms with Crippen molar-refractivity contribution >= 4 is 15.5 Å². The average molecular weight is 339 g/mol. The Balaban J connectivity index is 1.83. The summed E-state index contributed by atoms with van der Waals surface area (Å²) in [6.45, 7) is 1.92. The summed E-state index contributed by atoms with van der Waals surface area (Å²) in [6.07, 6.45) is 0. The fourth-order valence-electron chi connectivity index (χ4n) is 2.21. The quantitative estimate of drug-likeness (QED) is 0.723. The summed E-state index contributed by atoms with van der Waals surface area (Å²) >= 11 is 0. The molecule has 0 saturated carbocycles. The number of hydrogen-bond donors (Lipinski definition) is 1. The second-order valence-corrected chi connectivity index (χ2v) is 7.41. The highest BCUT2D eigenvalue weighted by Crippen LogP contribution is 2.26. The molecule has 3 rings (SSSR count). The van der Waals surface area contributed by atoms with Gasteiger partial charge in [-0.15, -0.1) is 0 Å². The first-order valence-electron chi connectivity index (χ1n) is 7.40. The van der Waals surface area contributed by atoms with E-state index in [4.69, 9.17) is 10.5 Å². The van der Waals surface area contributed by atoms with Crippen molar-refractivity contribution in [2.45, 2.75) is 16.7 Å². The highest BCUT2D eigenvalue weighted by atomic mass is 32.2. The zero-order valence-corrected chi connectivity index (χ0v) is 14.0. The summed E-state index contributed by atoms with van der Waals surface area (Å²) in [5.74, 6) is 1.20. The lowest BCUT2D eigenvalue weighted by Crippen LogP contribution is -2.01. The molecule has 24 heavy (non-hydrogen) atoms. The zero-order valence-electron chi connectivity index (χ0n) is 13.1. The van der Waals surface area contributed by atoms with E-state index in [0.717, 1.165) is 5.56 Å². The third-order valence-electron chi connectivity index (χ3n) is 3.58. The zero-order chi connectivity index (χ0) is 17.2. The van der Waals surface area contributed by atoms with Gasteiger partial charge < -0.3 is 10.5 Å². The van der Waals surface area contributed by atoms with Crippen molar-refractivity contribution in [3.63, 3.8) is 0 Å². The predicted octanol–water partition coefficient (Wildman–Crippen LogP) is 4.20. The molecular formula is C19H17NO3S. The number of benzene rings is 3. The van der Waals surface area contributed by atoms with Crippen LogP contribution in [0.4, 0.5) is 5.69 Å². The number of anilines is 1. The standard InChI is InChI=1S/C19H17NO3S/c1-14-2-10-18(11-3-14)24(21,22)19-12-8-17(9-13-19)23-16-6-4-15(20)5-7-16/h2-13H,20H2,1H3. The molecule has 5 heteroatoms. The van der Waals surface area contributed by atoms with Crippen LogP contribution in [0, 0.1) is 6.92 Å². The Bertz CT molecular complexity index is 929. The fourth-order valence-corrected chi connectivity index (χ4v) is 3.47. The summed E-state index contributed by atoms with van der Waals surface area (Å²) in [5, 5.41) is 0. The summed E-state index contributed by atoms with van der Waals surface area (Å²) in [5.41, 5.74) is 7.30. The van der Waals surface area contributed by atoms with Gasteiger partial charge >= 0.3 is 0 Å². The molecule has 0 heterocycles. The molecule has 0 atom stereocenters. The van der Waals surface area contributed by atoms with E-state index in [1.807, 2.05) is 6.92 Å². The van der Waals surface area contributed by atoms with Gasteiger partial charge in [0.05, 0.1) is 9.79 Å². The van der Waals surface area contributed by atoms with Gasteiger partial charge in [-0.1, -0.05) is 17.7 Å². The van der Waals surface area contributed by atoms with Crippen LogP contribution in [0.15, 0.2) is 82.6 Å². The van der Waals surface area contributed by atoms with Crippen molar-refractivity contribution in [1.29, 1.82) is 0 Å². The fraction of sp³-hybridized carbons (Fsp3) is 0.0526. The first-order chi connectivity index (χ1) is 11.4. The second-order valence-electron chi connectivity index (χ2n) is 5.46. The van der Waals surface area contributed by atoms with Crippen LogP contribution in [0.3, 0.4) is 0 Å². The van der Waals surface area contributed by atoms with Gasteiger partial charge in [0.15, 0.2) is 0 Å². The van der Waals surface area contributed by atoms with Crippen LogP contribution < -0.4 is 10.5 Å². The van der Waals surface area contributed by atoms with Crippen molar-refractivity contribution in [2.24, 2.45) is 0 Å². The Hall–Kier alpha value is -2.79. The molecule has 0 bridgehead atoms. The highest BCUT2D eigenvalue weighted by molar-refractivity contribution is 7.91. The van der Waals surface area contributed by atoms with Crippen molar-refractivity contribution in [1.82, 2.24) is 0 Å². The summed E-state index contributed by atoms with van der Waals surface area (Å²) in [4.78, 5) is 0.510. The van der Waals surface area contributed by atoms with E-state index in [1.165, 1.54) is 0 Å². The van der Waals surface area contributed by atoms with Gasteiger partial charge in [0.25, 0.3) is 0 Å². The summed E-state index contributed by atoms with van der Waals surface area (Å²) in [7, 11) is -3.52. The van der Waals surface area contributed by atoms with Gasteiger partial charge in [-0.05, 0) is 67.6 Å². The van der Waals surface area contributed by atoms with Gasteiger partial charge in [-0.25, -0.2) is 8.42 Å². The molecule has 2 N–H and O–H groups in total. The number of nitrogen functional groups attached to an aromatic ring is 1. The van der Waals surface area contributed by atoms with Gasteiger partial charge in [0, 0.05) is 5.69 Å². The Morgan fingerprint density at radius 1 is 0.708 bits per heavy atom. The molecule has 0 radical (unpaired) electrons. The smallest absolute Gasteiger partial charge is 0.206 e. The minimum atomic E-state index is -3.52. The summed E-state index contributed by atoms with van der Waals surface area (Å²) < 4.78 is 30.9. The second kappa shape index (κ2) is 6.37. The molecule has 0 spiro atoms.